The van der Waals surface area contributed by atoms with E-state index in [9.17, 15) is 13.2 Å². The second kappa shape index (κ2) is 7.47. The molecule has 0 saturated carbocycles. The Kier molecular flexibility index (Phi) is 5.29. The van der Waals surface area contributed by atoms with Gasteiger partial charge in [-0.1, -0.05) is 35.9 Å². The quantitative estimate of drug-likeness (QED) is 0.811. The number of nitrogens with zero attached hydrogens (tertiary/aromatic N) is 1. The smallest absolute Gasteiger partial charge is 0.307 e. The number of rotatable bonds is 6. The molecule has 0 unspecified atom stereocenters. The van der Waals surface area contributed by atoms with Crippen LogP contribution >= 0.6 is 0 Å². The van der Waals surface area contributed by atoms with Gasteiger partial charge in [0.25, 0.3) is 0 Å². The van der Waals surface area contributed by atoms with Crippen molar-refractivity contribution < 1.29 is 18.3 Å². The van der Waals surface area contributed by atoms with E-state index in [1.54, 1.807) is 12.1 Å². The zero-order chi connectivity index (χ0) is 18.7. The van der Waals surface area contributed by atoms with Gasteiger partial charge < -0.3 is 5.11 Å². The lowest BCUT2D eigenvalue weighted by Crippen LogP contribution is -2.37. The highest BCUT2D eigenvalue weighted by Crippen LogP contribution is 2.22. The molecule has 2 N–H and O–H groups in total. The highest BCUT2D eigenvalue weighted by Gasteiger charge is 2.22. The predicted octanol–water partition coefficient (Wildman–Crippen LogP) is 2.38. The van der Waals surface area contributed by atoms with Crippen LogP contribution in [-0.2, 0) is 34.2 Å². The van der Waals surface area contributed by atoms with Crippen LogP contribution in [0.4, 0.5) is 5.69 Å². The van der Waals surface area contributed by atoms with Gasteiger partial charge >= 0.3 is 5.97 Å². The number of nitrogens with one attached hydrogen (secondary N) is 1. The number of fused-ring (bicyclic) bond motifs is 1. The van der Waals surface area contributed by atoms with Crippen LogP contribution in [-0.4, -0.2) is 36.8 Å². The summed E-state index contributed by atoms with van der Waals surface area (Å²) < 4.78 is 27.5. The summed E-state index contributed by atoms with van der Waals surface area (Å²) in [5.74, 6) is -0.966. The Morgan fingerprint density at radius 3 is 2.58 bits per heavy atom. The molecule has 1 heterocycles. The molecule has 138 valence electrons. The molecule has 1 aliphatic rings. The van der Waals surface area contributed by atoms with Crippen LogP contribution in [0.25, 0.3) is 0 Å². The van der Waals surface area contributed by atoms with Crippen molar-refractivity contribution in [2.24, 2.45) is 0 Å². The topological polar surface area (TPSA) is 86.7 Å². The van der Waals surface area contributed by atoms with Crippen LogP contribution in [0.3, 0.4) is 0 Å². The van der Waals surface area contributed by atoms with Gasteiger partial charge in [0.2, 0.25) is 10.0 Å². The van der Waals surface area contributed by atoms with Crippen LogP contribution in [0, 0.1) is 6.92 Å². The maximum atomic E-state index is 12.4. The maximum absolute atomic E-state index is 12.4. The molecular weight excluding hydrogens is 352 g/mol. The summed E-state index contributed by atoms with van der Waals surface area (Å²) in [5.41, 5.74) is 4.51. The third kappa shape index (κ3) is 4.83. The summed E-state index contributed by atoms with van der Waals surface area (Å²) in [4.78, 5) is 12.7. The second-order valence-electron chi connectivity index (χ2n) is 6.69. The summed E-state index contributed by atoms with van der Waals surface area (Å²) in [6.45, 7) is 3.10. The molecule has 1 aliphatic heterocycles. The monoisotopic (exact) mass is 374 g/mol. The van der Waals surface area contributed by atoms with E-state index in [-0.39, 0.29) is 12.3 Å². The van der Waals surface area contributed by atoms with Crippen LogP contribution in [0.1, 0.15) is 22.3 Å². The number of hydrogen-bond donors (Lipinski definition) is 2. The largest absolute Gasteiger partial charge is 0.481 e. The first kappa shape index (κ1) is 18.4. The number of benzene rings is 2. The van der Waals surface area contributed by atoms with Crippen molar-refractivity contribution in [3.63, 3.8) is 0 Å². The van der Waals surface area contributed by atoms with Crippen LogP contribution < -0.4 is 4.72 Å². The molecule has 0 aromatic heterocycles. The first-order valence-corrected chi connectivity index (χ1v) is 10.1. The molecule has 7 heteroatoms. The molecule has 0 spiro atoms. The molecule has 3 rings (SSSR count). The minimum atomic E-state index is -3.50. The van der Waals surface area contributed by atoms with E-state index in [4.69, 9.17) is 5.11 Å². The fraction of sp³-hybridized carbons (Fsp3) is 0.316. The third-order valence-electron chi connectivity index (χ3n) is 4.39. The van der Waals surface area contributed by atoms with Crippen LogP contribution in [0.15, 0.2) is 42.5 Å². The van der Waals surface area contributed by atoms with E-state index in [1.165, 1.54) is 0 Å². The van der Waals surface area contributed by atoms with E-state index in [0.29, 0.717) is 18.8 Å². The van der Waals surface area contributed by atoms with Gasteiger partial charge in [-0.3, -0.25) is 14.4 Å². The van der Waals surface area contributed by atoms with Crippen molar-refractivity contribution in [1.29, 1.82) is 0 Å². The zero-order valence-electron chi connectivity index (χ0n) is 14.6. The number of carboxylic acid groups (broad SMARTS) is 1. The highest BCUT2D eigenvalue weighted by atomic mass is 32.2. The molecule has 0 saturated heterocycles. The number of sulfonamides is 1. The van der Waals surface area contributed by atoms with Gasteiger partial charge in [-0.05, 0) is 42.2 Å². The summed E-state index contributed by atoms with van der Waals surface area (Å²) in [7, 11) is -3.50. The van der Waals surface area contributed by atoms with Gasteiger partial charge in [0.05, 0.1) is 6.42 Å². The minimum absolute atomic E-state index is 0.0272. The number of aryl methyl sites for hydroxylation is 1. The number of hydrogen-bond acceptors (Lipinski definition) is 4. The molecule has 0 amide bonds. The Balaban J connectivity index is 1.67. The number of carboxylic acids is 1. The Morgan fingerprint density at radius 2 is 1.88 bits per heavy atom. The SMILES string of the molecule is Cc1ccc(NS(=O)(=O)CN2CCc3ccc(CC(=O)O)cc3C2)cc1. The maximum Gasteiger partial charge on any atom is 0.307 e. The van der Waals surface area contributed by atoms with E-state index >= 15 is 0 Å². The Morgan fingerprint density at radius 1 is 1.15 bits per heavy atom. The lowest BCUT2D eigenvalue weighted by molar-refractivity contribution is -0.136. The average Bonchev–Trinajstić information content (AvgIpc) is 2.55. The molecular formula is C19H22N2O4S. The zero-order valence-corrected chi connectivity index (χ0v) is 15.4. The molecule has 6 nitrogen and oxygen atoms in total. The molecule has 0 fully saturated rings. The lowest BCUT2D eigenvalue weighted by Gasteiger charge is -2.28. The minimum Gasteiger partial charge on any atom is -0.481 e. The number of anilines is 1. The molecule has 2 aromatic rings. The first-order valence-electron chi connectivity index (χ1n) is 8.43. The molecule has 0 aliphatic carbocycles. The average molecular weight is 374 g/mol. The predicted molar refractivity (Wildman–Crippen MR) is 100 cm³/mol. The number of aliphatic carboxylic acids is 1. The summed E-state index contributed by atoms with van der Waals surface area (Å²) in [5, 5.41) is 8.94. The van der Waals surface area contributed by atoms with Gasteiger partial charge in [0, 0.05) is 18.8 Å². The molecule has 0 atom stereocenters. The Labute approximate surface area is 153 Å². The van der Waals surface area contributed by atoms with Crippen LogP contribution in [0.5, 0.6) is 0 Å². The number of carbonyl (C=O) groups is 1. The summed E-state index contributed by atoms with van der Waals surface area (Å²) in [6.07, 6.45) is 0.725. The normalized spacial score (nSPS) is 14.7. The van der Waals surface area contributed by atoms with Crippen molar-refractivity contribution in [3.05, 3.63) is 64.7 Å². The molecule has 0 bridgehead atoms. The van der Waals surface area contributed by atoms with Gasteiger partial charge in [-0.2, -0.15) is 0 Å². The summed E-state index contributed by atoms with van der Waals surface area (Å²) in [6, 6.07) is 12.9. The van der Waals surface area contributed by atoms with Gasteiger partial charge in [-0.15, -0.1) is 0 Å². The van der Waals surface area contributed by atoms with Crippen molar-refractivity contribution in [2.75, 3.05) is 17.1 Å². The van der Waals surface area contributed by atoms with E-state index < -0.39 is 16.0 Å². The fourth-order valence-electron chi connectivity index (χ4n) is 3.14. The van der Waals surface area contributed by atoms with E-state index in [0.717, 1.165) is 28.7 Å². The Hall–Kier alpha value is -2.38. The standard InChI is InChI=1S/C19H22N2O4S/c1-14-2-6-18(7-3-14)20-26(24,25)13-21-9-8-16-5-4-15(11-19(22)23)10-17(16)12-21/h2-7,10,20H,8-9,11-13H2,1H3,(H,22,23). The van der Waals surface area contributed by atoms with Crippen LogP contribution in [0.2, 0.25) is 0 Å². The summed E-state index contributed by atoms with van der Waals surface area (Å²) >= 11 is 0. The second-order valence-corrected chi connectivity index (χ2v) is 8.38. The Bertz CT molecular complexity index is 908. The van der Waals surface area contributed by atoms with Gasteiger partial charge in [-0.25, -0.2) is 8.42 Å². The van der Waals surface area contributed by atoms with Crippen molar-refractivity contribution in [1.82, 2.24) is 4.90 Å². The molecule has 0 radical (unpaired) electrons. The van der Waals surface area contributed by atoms with Crippen molar-refractivity contribution in [2.45, 2.75) is 26.3 Å². The van der Waals surface area contributed by atoms with Gasteiger partial charge in [0.15, 0.2) is 0 Å². The highest BCUT2D eigenvalue weighted by molar-refractivity contribution is 7.92. The third-order valence-corrected chi connectivity index (χ3v) is 5.65. The lowest BCUT2D eigenvalue weighted by atomic mass is 9.97. The van der Waals surface area contributed by atoms with Crippen molar-refractivity contribution in [3.8, 4) is 0 Å². The van der Waals surface area contributed by atoms with E-state index in [1.807, 2.05) is 42.2 Å². The van der Waals surface area contributed by atoms with Crippen molar-refractivity contribution >= 4 is 21.7 Å². The van der Waals surface area contributed by atoms with E-state index in [2.05, 4.69) is 4.72 Å². The molecule has 2 aromatic carbocycles. The fourth-order valence-corrected chi connectivity index (χ4v) is 4.40. The van der Waals surface area contributed by atoms with Gasteiger partial charge in [0.1, 0.15) is 5.88 Å². The first-order chi connectivity index (χ1) is 12.3. The molecule has 26 heavy (non-hydrogen) atoms.